The number of unbranched alkanes of at least 4 members (excludes halogenated alkanes) is 1. The van der Waals surface area contributed by atoms with Gasteiger partial charge in [0.15, 0.2) is 0 Å². The maximum absolute atomic E-state index is 11.3. The number of hydrogen-bond donors (Lipinski definition) is 1. The number of esters is 1. The van der Waals surface area contributed by atoms with Crippen LogP contribution in [0.5, 0.6) is 0 Å². The van der Waals surface area contributed by atoms with Gasteiger partial charge in [-0.3, -0.25) is 4.79 Å². The molecule has 94 valence electrons. The fraction of sp³-hybridized carbons (Fsp3) is 0.917. The molecule has 1 fully saturated rings. The summed E-state index contributed by atoms with van der Waals surface area (Å²) >= 11 is 0. The van der Waals surface area contributed by atoms with Crippen molar-refractivity contribution in [1.29, 1.82) is 0 Å². The van der Waals surface area contributed by atoms with Gasteiger partial charge in [-0.05, 0) is 25.2 Å². The molecule has 0 bridgehead atoms. The molecule has 0 aromatic rings. The average molecular weight is 229 g/mol. The summed E-state index contributed by atoms with van der Waals surface area (Å²) < 4.78 is 10.3. The third-order valence-electron chi connectivity index (χ3n) is 2.76. The van der Waals surface area contributed by atoms with Crippen molar-refractivity contribution in [2.75, 3.05) is 19.8 Å². The molecule has 0 saturated heterocycles. The molecule has 4 nitrogen and oxygen atoms in total. The Kier molecular flexibility index (Phi) is 6.42. The molecule has 0 radical (unpaired) electrons. The summed E-state index contributed by atoms with van der Waals surface area (Å²) in [6.07, 6.45) is 4.85. The second-order valence-electron chi connectivity index (χ2n) is 4.39. The minimum absolute atomic E-state index is 0.00601. The van der Waals surface area contributed by atoms with Crippen LogP contribution in [-0.2, 0) is 14.3 Å². The van der Waals surface area contributed by atoms with Crippen LogP contribution in [0.2, 0.25) is 0 Å². The second-order valence-corrected chi connectivity index (χ2v) is 4.39. The highest BCUT2D eigenvalue weighted by molar-refractivity contribution is 5.70. The van der Waals surface area contributed by atoms with E-state index >= 15 is 0 Å². The molecule has 1 saturated carbocycles. The highest BCUT2D eigenvalue weighted by Crippen LogP contribution is 2.32. The van der Waals surface area contributed by atoms with Crippen LogP contribution in [0.3, 0.4) is 0 Å². The molecule has 0 amide bonds. The van der Waals surface area contributed by atoms with Crippen LogP contribution in [0.25, 0.3) is 0 Å². The zero-order chi connectivity index (χ0) is 11.8. The van der Waals surface area contributed by atoms with Crippen LogP contribution in [0, 0.1) is 5.92 Å². The van der Waals surface area contributed by atoms with Gasteiger partial charge in [-0.2, -0.15) is 0 Å². The second kappa shape index (κ2) is 7.63. The fourth-order valence-electron chi connectivity index (χ4n) is 1.51. The molecule has 16 heavy (non-hydrogen) atoms. The van der Waals surface area contributed by atoms with Gasteiger partial charge in [0.2, 0.25) is 0 Å². The molecule has 1 unspecified atom stereocenters. The summed E-state index contributed by atoms with van der Waals surface area (Å²) in [5.41, 5.74) is 5.82. The Hall–Kier alpha value is -0.610. The van der Waals surface area contributed by atoms with Crippen molar-refractivity contribution in [3.63, 3.8) is 0 Å². The largest absolute Gasteiger partial charge is 0.463 e. The van der Waals surface area contributed by atoms with E-state index in [-0.39, 0.29) is 12.0 Å². The van der Waals surface area contributed by atoms with Crippen LogP contribution >= 0.6 is 0 Å². The quantitative estimate of drug-likeness (QED) is 0.480. The van der Waals surface area contributed by atoms with E-state index < -0.39 is 0 Å². The number of carbonyl (C=O) groups excluding carboxylic acids is 1. The Labute approximate surface area is 97.5 Å². The van der Waals surface area contributed by atoms with Gasteiger partial charge >= 0.3 is 5.97 Å². The normalized spacial score (nSPS) is 17.1. The topological polar surface area (TPSA) is 61.5 Å². The van der Waals surface area contributed by atoms with Crippen molar-refractivity contribution in [1.82, 2.24) is 0 Å². The molecule has 1 aliphatic carbocycles. The molecule has 1 aliphatic rings. The zero-order valence-electron chi connectivity index (χ0n) is 10.1. The van der Waals surface area contributed by atoms with Gasteiger partial charge < -0.3 is 15.2 Å². The average Bonchev–Trinajstić information content (AvgIpc) is 3.06. The number of carbonyl (C=O) groups is 1. The van der Waals surface area contributed by atoms with Crippen molar-refractivity contribution >= 4 is 5.97 Å². The summed E-state index contributed by atoms with van der Waals surface area (Å²) in [4.78, 5) is 11.3. The van der Waals surface area contributed by atoms with E-state index in [1.807, 2.05) is 0 Å². The molecule has 1 atom stereocenters. The van der Waals surface area contributed by atoms with Crippen molar-refractivity contribution in [3.05, 3.63) is 0 Å². The lowest BCUT2D eigenvalue weighted by atomic mass is 10.1. The molecule has 0 heterocycles. The lowest BCUT2D eigenvalue weighted by molar-refractivity contribution is -0.145. The monoisotopic (exact) mass is 229 g/mol. The van der Waals surface area contributed by atoms with Gasteiger partial charge in [0.1, 0.15) is 6.61 Å². The minimum Gasteiger partial charge on any atom is -0.463 e. The summed E-state index contributed by atoms with van der Waals surface area (Å²) in [7, 11) is 0. The van der Waals surface area contributed by atoms with Crippen molar-refractivity contribution in [3.8, 4) is 0 Å². The molecule has 1 rings (SSSR count). The van der Waals surface area contributed by atoms with Gasteiger partial charge in [-0.15, -0.1) is 0 Å². The number of nitrogens with two attached hydrogens (primary N) is 1. The first kappa shape index (κ1) is 13.5. The predicted molar refractivity (Wildman–Crippen MR) is 62.0 cm³/mol. The first-order chi connectivity index (χ1) is 7.74. The van der Waals surface area contributed by atoms with E-state index in [1.54, 1.807) is 0 Å². The first-order valence-corrected chi connectivity index (χ1v) is 6.23. The SMILES string of the molecule is CCCCOCCOC(=O)CC(N)C1CC1. The number of hydrogen-bond acceptors (Lipinski definition) is 4. The summed E-state index contributed by atoms with van der Waals surface area (Å²) in [6, 6.07) is -0.00601. The molecule has 0 aromatic carbocycles. The molecule has 0 aliphatic heterocycles. The minimum atomic E-state index is -0.196. The standard InChI is InChI=1S/C12H23NO3/c1-2-3-6-15-7-8-16-12(14)9-11(13)10-4-5-10/h10-11H,2-9,13H2,1H3. The van der Waals surface area contributed by atoms with Crippen LogP contribution in [0.4, 0.5) is 0 Å². The van der Waals surface area contributed by atoms with Gasteiger partial charge in [0, 0.05) is 12.6 Å². The molecule has 4 heteroatoms. The van der Waals surface area contributed by atoms with Gasteiger partial charge in [-0.1, -0.05) is 13.3 Å². The number of rotatable bonds is 9. The maximum atomic E-state index is 11.3. The zero-order valence-corrected chi connectivity index (χ0v) is 10.1. The Bertz CT molecular complexity index is 204. The Balaban J connectivity index is 1.89. The van der Waals surface area contributed by atoms with Crippen LogP contribution in [-0.4, -0.2) is 31.8 Å². The summed E-state index contributed by atoms with van der Waals surface area (Å²) in [6.45, 7) is 3.70. The lowest BCUT2D eigenvalue weighted by Gasteiger charge is -2.10. The third kappa shape index (κ3) is 6.08. The van der Waals surface area contributed by atoms with E-state index in [0.717, 1.165) is 32.3 Å². The Morgan fingerprint density at radius 3 is 2.75 bits per heavy atom. The van der Waals surface area contributed by atoms with Crippen LogP contribution < -0.4 is 5.73 Å². The molecular formula is C12H23NO3. The molecule has 2 N–H and O–H groups in total. The first-order valence-electron chi connectivity index (χ1n) is 6.23. The predicted octanol–water partition coefficient (Wildman–Crippen LogP) is 1.47. The third-order valence-corrected chi connectivity index (χ3v) is 2.76. The van der Waals surface area contributed by atoms with Crippen molar-refractivity contribution < 1.29 is 14.3 Å². The Morgan fingerprint density at radius 2 is 2.12 bits per heavy atom. The molecule has 0 aromatic heterocycles. The van der Waals surface area contributed by atoms with Crippen molar-refractivity contribution in [2.45, 2.75) is 45.1 Å². The molecule has 0 spiro atoms. The lowest BCUT2D eigenvalue weighted by Crippen LogP contribution is -2.27. The van der Waals surface area contributed by atoms with E-state index in [9.17, 15) is 4.79 Å². The van der Waals surface area contributed by atoms with Gasteiger partial charge in [-0.25, -0.2) is 0 Å². The maximum Gasteiger partial charge on any atom is 0.307 e. The Morgan fingerprint density at radius 1 is 1.38 bits per heavy atom. The van der Waals surface area contributed by atoms with Gasteiger partial charge in [0.05, 0.1) is 13.0 Å². The summed E-state index contributed by atoms with van der Waals surface area (Å²) in [5.74, 6) is 0.354. The van der Waals surface area contributed by atoms with Gasteiger partial charge in [0.25, 0.3) is 0 Å². The van der Waals surface area contributed by atoms with E-state index in [4.69, 9.17) is 15.2 Å². The smallest absolute Gasteiger partial charge is 0.307 e. The highest BCUT2D eigenvalue weighted by atomic mass is 16.6. The van der Waals surface area contributed by atoms with E-state index in [0.29, 0.717) is 25.6 Å². The molecular weight excluding hydrogens is 206 g/mol. The van der Waals surface area contributed by atoms with E-state index in [1.165, 1.54) is 0 Å². The van der Waals surface area contributed by atoms with E-state index in [2.05, 4.69) is 6.92 Å². The summed E-state index contributed by atoms with van der Waals surface area (Å²) in [5, 5.41) is 0. The highest BCUT2D eigenvalue weighted by Gasteiger charge is 2.30. The number of ether oxygens (including phenoxy) is 2. The fourth-order valence-corrected chi connectivity index (χ4v) is 1.51. The van der Waals surface area contributed by atoms with Crippen LogP contribution in [0.15, 0.2) is 0 Å². The van der Waals surface area contributed by atoms with Crippen LogP contribution in [0.1, 0.15) is 39.0 Å². The van der Waals surface area contributed by atoms with Crippen molar-refractivity contribution in [2.24, 2.45) is 11.7 Å².